The summed E-state index contributed by atoms with van der Waals surface area (Å²) < 4.78 is 4.04. The van der Waals surface area contributed by atoms with Gasteiger partial charge in [0.15, 0.2) is 0 Å². The molecular formula is C41H53N10O9S2+. The number of nitrogens with zero attached hydrogens (tertiary/aromatic N) is 3. The van der Waals surface area contributed by atoms with Crippen molar-refractivity contribution in [1.82, 2.24) is 40.9 Å². The molecule has 7 amide bonds. The second-order valence-corrected chi connectivity index (χ2v) is 17.5. The van der Waals surface area contributed by atoms with Crippen molar-refractivity contribution in [3.63, 3.8) is 0 Å². The number of primary amides is 1. The molecule has 4 heterocycles. The predicted molar refractivity (Wildman–Crippen MR) is 232 cm³/mol. The van der Waals surface area contributed by atoms with Crippen LogP contribution in [0.3, 0.4) is 0 Å². The molecule has 5 unspecified atom stereocenters. The number of para-hydroxylation sites is 1. The number of pyridine rings is 1. The second-order valence-electron chi connectivity index (χ2n) is 14.9. The number of aryl methyl sites for hydroxylation is 1. The smallest absolute Gasteiger partial charge is 0.305 e. The Labute approximate surface area is 365 Å². The molecule has 0 spiro atoms. The van der Waals surface area contributed by atoms with Gasteiger partial charge in [0.1, 0.15) is 42.6 Å². The lowest BCUT2D eigenvalue weighted by molar-refractivity contribution is -0.671. The van der Waals surface area contributed by atoms with Crippen molar-refractivity contribution in [2.75, 3.05) is 24.6 Å². The first-order chi connectivity index (χ1) is 29.7. The molecule has 332 valence electrons. The molecule has 1 aliphatic rings. The minimum absolute atomic E-state index is 0.00282. The molecule has 4 aromatic rings. The molecule has 1 saturated heterocycles. The molecule has 9 N–H and O–H groups in total. The number of carboxylic acids is 1. The van der Waals surface area contributed by atoms with E-state index in [1.165, 1.54) is 40.3 Å². The molecule has 0 radical (unpaired) electrons. The SMILES string of the molecule is CC1NC(=O)C(CC(=O)O)NC(=O)CNC(=O)C(CCCC[n+]2ccn3ccccc32)NC(=O)CCSSCC(C(N)=O)NC(=O)C(C)N(CCc2c[nH]c3ccccc23)C1=O. The molecule has 1 aromatic carbocycles. The lowest BCUT2D eigenvalue weighted by Gasteiger charge is -2.32. The summed E-state index contributed by atoms with van der Waals surface area (Å²) in [5.41, 5.74) is 8.37. The fourth-order valence-corrected chi connectivity index (χ4v) is 9.12. The first kappa shape index (κ1) is 47.0. The first-order valence-corrected chi connectivity index (χ1v) is 22.7. The van der Waals surface area contributed by atoms with Gasteiger partial charge in [0.05, 0.1) is 25.7 Å². The third-order valence-corrected chi connectivity index (χ3v) is 12.8. The number of aromatic nitrogens is 3. The molecule has 0 bridgehead atoms. The number of aromatic amines is 1. The zero-order valence-electron chi connectivity index (χ0n) is 34.5. The maximum absolute atomic E-state index is 14.1. The maximum atomic E-state index is 14.1. The Morgan fingerprint density at radius 1 is 0.871 bits per heavy atom. The molecule has 62 heavy (non-hydrogen) atoms. The van der Waals surface area contributed by atoms with Crippen LogP contribution in [0.15, 0.2) is 67.3 Å². The molecule has 3 aromatic heterocycles. The summed E-state index contributed by atoms with van der Waals surface area (Å²) in [6.45, 7) is 2.83. The monoisotopic (exact) mass is 893 g/mol. The summed E-state index contributed by atoms with van der Waals surface area (Å²) in [7, 11) is 2.47. The lowest BCUT2D eigenvalue weighted by Crippen LogP contribution is -2.59. The van der Waals surface area contributed by atoms with Crippen LogP contribution in [0.4, 0.5) is 0 Å². The lowest BCUT2D eigenvalue weighted by atomic mass is 10.1. The number of carbonyl (C=O) groups is 8. The summed E-state index contributed by atoms with van der Waals surface area (Å²) in [6, 6.07) is 7.07. The summed E-state index contributed by atoms with van der Waals surface area (Å²) >= 11 is 0. The number of H-pyrrole nitrogens is 1. The van der Waals surface area contributed by atoms with Crippen LogP contribution in [-0.2, 0) is 51.3 Å². The van der Waals surface area contributed by atoms with Crippen LogP contribution < -0.4 is 36.9 Å². The van der Waals surface area contributed by atoms with Gasteiger partial charge in [-0.3, -0.25) is 38.4 Å². The van der Waals surface area contributed by atoms with Crippen molar-refractivity contribution in [2.24, 2.45) is 5.73 Å². The number of nitrogens with two attached hydrogens (primary N) is 1. The average Bonchev–Trinajstić information content (AvgIpc) is 3.86. The predicted octanol–water partition coefficient (Wildman–Crippen LogP) is 0.159. The van der Waals surface area contributed by atoms with Crippen molar-refractivity contribution in [3.05, 3.63) is 72.8 Å². The Morgan fingerprint density at radius 2 is 1.63 bits per heavy atom. The number of amides is 7. The van der Waals surface area contributed by atoms with Gasteiger partial charge >= 0.3 is 5.97 Å². The number of fused-ring (bicyclic) bond motifs is 2. The fourth-order valence-electron chi connectivity index (χ4n) is 6.96. The number of carboxylic acid groups (broad SMARTS) is 1. The fraction of sp³-hybridized carbons (Fsp3) is 0.439. The van der Waals surface area contributed by atoms with E-state index in [1.807, 2.05) is 65.5 Å². The number of hydrogen-bond acceptors (Lipinski definition) is 10. The van der Waals surface area contributed by atoms with E-state index in [1.54, 1.807) is 6.20 Å². The van der Waals surface area contributed by atoms with Crippen LogP contribution in [0.5, 0.6) is 0 Å². The van der Waals surface area contributed by atoms with E-state index in [0.717, 1.165) is 22.1 Å². The number of imidazole rings is 1. The minimum atomic E-state index is -1.65. The van der Waals surface area contributed by atoms with Gasteiger partial charge in [-0.2, -0.15) is 0 Å². The number of unbranched alkanes of at least 4 members (excludes halogenated alkanes) is 1. The van der Waals surface area contributed by atoms with Gasteiger partial charge in [-0.25, -0.2) is 8.97 Å². The van der Waals surface area contributed by atoms with Gasteiger partial charge in [-0.05, 0) is 57.2 Å². The van der Waals surface area contributed by atoms with Crippen molar-refractivity contribution in [1.29, 1.82) is 0 Å². The number of carbonyl (C=O) groups excluding carboxylic acids is 7. The van der Waals surface area contributed by atoms with E-state index in [-0.39, 0.29) is 30.9 Å². The van der Waals surface area contributed by atoms with E-state index in [4.69, 9.17) is 5.73 Å². The minimum Gasteiger partial charge on any atom is -0.481 e. The van der Waals surface area contributed by atoms with Crippen LogP contribution in [0.25, 0.3) is 16.6 Å². The number of benzene rings is 1. The van der Waals surface area contributed by atoms with Gasteiger partial charge in [-0.15, -0.1) is 0 Å². The third-order valence-electron chi connectivity index (χ3n) is 10.4. The van der Waals surface area contributed by atoms with Crippen molar-refractivity contribution < 1.29 is 48.0 Å². The van der Waals surface area contributed by atoms with Crippen LogP contribution >= 0.6 is 21.6 Å². The molecule has 1 aliphatic heterocycles. The number of hydrogen-bond donors (Lipinski definition) is 8. The van der Waals surface area contributed by atoms with Crippen LogP contribution in [0.2, 0.25) is 0 Å². The molecule has 0 saturated carbocycles. The van der Waals surface area contributed by atoms with Gasteiger partial charge in [-0.1, -0.05) is 45.9 Å². The molecular weight excluding hydrogens is 841 g/mol. The topological polar surface area (TPSA) is 270 Å². The zero-order chi connectivity index (χ0) is 44.8. The molecule has 5 rings (SSSR count). The quantitative estimate of drug-likeness (QED) is 0.0571. The van der Waals surface area contributed by atoms with Gasteiger partial charge < -0.3 is 47.3 Å². The highest BCUT2D eigenvalue weighted by molar-refractivity contribution is 8.76. The largest absolute Gasteiger partial charge is 0.481 e. The highest BCUT2D eigenvalue weighted by Gasteiger charge is 2.34. The van der Waals surface area contributed by atoms with E-state index in [0.29, 0.717) is 25.8 Å². The summed E-state index contributed by atoms with van der Waals surface area (Å²) in [5.74, 6) is -6.29. The Hall–Kier alpha value is -6.09. The Bertz CT molecular complexity index is 2270. The normalized spacial score (nSPS) is 22.0. The van der Waals surface area contributed by atoms with Gasteiger partial charge in [0.25, 0.3) is 5.65 Å². The number of nitrogens with one attached hydrogen (secondary N) is 6. The third kappa shape index (κ3) is 13.2. The van der Waals surface area contributed by atoms with Gasteiger partial charge in [0, 0.05) is 47.6 Å². The summed E-state index contributed by atoms with van der Waals surface area (Å²) in [5, 5.41) is 23.2. The second kappa shape index (κ2) is 22.7. The number of rotatable bonds is 11. The Morgan fingerprint density at radius 3 is 2.40 bits per heavy atom. The Balaban J connectivity index is 1.31. The molecule has 21 heteroatoms. The van der Waals surface area contributed by atoms with Crippen molar-refractivity contribution >= 4 is 85.5 Å². The van der Waals surface area contributed by atoms with Crippen molar-refractivity contribution in [2.45, 2.75) is 89.1 Å². The molecule has 0 aliphatic carbocycles. The van der Waals surface area contributed by atoms with Crippen LogP contribution in [0.1, 0.15) is 51.5 Å². The molecule has 5 atom stereocenters. The molecule has 1 fully saturated rings. The maximum Gasteiger partial charge on any atom is 0.305 e. The standard InChI is InChI=1S/C41H52N10O9S2/c1-25-41(60)51(17-13-27-22-43-29-10-4-3-9-28(27)29)26(2)38(57)48-32(37(42)56)24-62-61-20-14-33(52)46-30(11-5-7-15-49-18-19-50-16-8-6-12-35(49)50)39(58)44-23-34(53)47-31(21-36(54)55)40(59)45-25/h3-4,6,8-10,12,16,18-19,22,25-26,30-32,43H,5,7,11,13-15,17,20-21,23-24H2,1-2H3,(H7-,42,44,45,46,47,48,52,53,54,55,56,57,58,59)/p+1. The van der Waals surface area contributed by atoms with E-state index < -0.39 is 90.5 Å². The Kier molecular flexibility index (Phi) is 17.2. The molecule has 19 nitrogen and oxygen atoms in total. The van der Waals surface area contributed by atoms with E-state index >= 15 is 0 Å². The number of aliphatic carboxylic acids is 1. The van der Waals surface area contributed by atoms with Crippen LogP contribution in [0, 0.1) is 0 Å². The van der Waals surface area contributed by atoms with E-state index in [9.17, 15) is 43.5 Å². The highest BCUT2D eigenvalue weighted by atomic mass is 33.1. The average molecular weight is 894 g/mol. The summed E-state index contributed by atoms with van der Waals surface area (Å²) in [6.07, 6.45) is 8.47. The first-order valence-electron chi connectivity index (χ1n) is 20.2. The zero-order valence-corrected chi connectivity index (χ0v) is 36.1. The van der Waals surface area contributed by atoms with Crippen LogP contribution in [-0.4, -0.2) is 122 Å². The highest BCUT2D eigenvalue weighted by Crippen LogP contribution is 2.23. The van der Waals surface area contributed by atoms with Gasteiger partial charge in [0.2, 0.25) is 41.4 Å². The van der Waals surface area contributed by atoms with Crippen molar-refractivity contribution in [3.8, 4) is 0 Å². The summed E-state index contributed by atoms with van der Waals surface area (Å²) in [4.78, 5) is 110. The van der Waals surface area contributed by atoms with E-state index in [2.05, 4.69) is 36.1 Å².